The van der Waals surface area contributed by atoms with Crippen molar-refractivity contribution < 1.29 is 19.1 Å². The number of hydrogen-bond donors (Lipinski definition) is 2. The predicted octanol–water partition coefficient (Wildman–Crippen LogP) is 4.02. The van der Waals surface area contributed by atoms with Crippen molar-refractivity contribution in [3.8, 4) is 0 Å². The lowest BCUT2D eigenvalue weighted by Crippen LogP contribution is -2.58. The number of piperazine rings is 1. The highest BCUT2D eigenvalue weighted by molar-refractivity contribution is 6.42. The molecule has 4 amide bonds. The summed E-state index contributed by atoms with van der Waals surface area (Å²) in [6.45, 7) is 11.0. The summed E-state index contributed by atoms with van der Waals surface area (Å²) in [6.07, 6.45) is 0.875. The molecule has 1 saturated heterocycles. The molecule has 0 aromatic heterocycles. The van der Waals surface area contributed by atoms with Crippen LogP contribution in [-0.2, 0) is 9.53 Å². The molecule has 0 radical (unpaired) electrons. The number of urea groups is 2. The summed E-state index contributed by atoms with van der Waals surface area (Å²) in [4.78, 5) is 44.5. The number of nitrogens with one attached hydrogen (secondary N) is 2. The Morgan fingerprint density at radius 1 is 1.17 bits per heavy atom. The van der Waals surface area contributed by atoms with Gasteiger partial charge < -0.3 is 20.3 Å². The lowest BCUT2D eigenvalue weighted by molar-refractivity contribution is -0.139. The molecule has 2 N–H and O–H groups in total. The Labute approximate surface area is 222 Å². The minimum Gasteiger partial charge on any atom is -0.463 e. The lowest BCUT2D eigenvalue weighted by Gasteiger charge is -2.42. The summed E-state index contributed by atoms with van der Waals surface area (Å²) in [6, 6.07) is 3.91. The van der Waals surface area contributed by atoms with E-state index >= 15 is 0 Å². The Morgan fingerprint density at radius 2 is 1.92 bits per heavy atom. The number of halogens is 2. The van der Waals surface area contributed by atoms with E-state index < -0.39 is 12.0 Å². The fourth-order valence-corrected chi connectivity index (χ4v) is 4.93. The number of esters is 1. The van der Waals surface area contributed by atoms with Gasteiger partial charge in [-0.1, -0.05) is 36.2 Å². The Kier molecular flexibility index (Phi) is 9.87. The number of carbonyl (C=O) groups is 3. The maximum Gasteiger partial charge on any atom is 0.338 e. The van der Waals surface area contributed by atoms with E-state index in [9.17, 15) is 14.4 Å². The molecule has 198 valence electrons. The molecule has 1 aromatic carbocycles. The zero-order valence-corrected chi connectivity index (χ0v) is 22.8. The summed E-state index contributed by atoms with van der Waals surface area (Å²) in [7, 11) is 0. The Balaban J connectivity index is 1.95. The third-order valence-corrected chi connectivity index (χ3v) is 7.14. The second kappa shape index (κ2) is 12.7. The van der Waals surface area contributed by atoms with Crippen LogP contribution in [-0.4, -0.2) is 84.6 Å². The van der Waals surface area contributed by atoms with Gasteiger partial charge in [0.25, 0.3) is 0 Å². The van der Waals surface area contributed by atoms with Gasteiger partial charge in [0, 0.05) is 51.0 Å². The van der Waals surface area contributed by atoms with Crippen molar-refractivity contribution in [2.75, 3.05) is 45.9 Å². The van der Waals surface area contributed by atoms with Crippen molar-refractivity contribution in [1.82, 2.24) is 25.3 Å². The first-order chi connectivity index (χ1) is 17.2. The maximum atomic E-state index is 13.3. The van der Waals surface area contributed by atoms with Crippen molar-refractivity contribution in [3.05, 3.63) is 45.1 Å². The van der Waals surface area contributed by atoms with Gasteiger partial charge in [0.1, 0.15) is 0 Å². The average molecular weight is 540 g/mol. The number of hydrogen-bond acceptors (Lipinski definition) is 5. The van der Waals surface area contributed by atoms with Gasteiger partial charge in [-0.15, -0.1) is 0 Å². The first kappa shape index (κ1) is 28.1. The number of likely N-dealkylation sites (N-methyl/N-ethyl adjacent to an activating group) is 1. The van der Waals surface area contributed by atoms with E-state index in [1.165, 1.54) is 0 Å². The monoisotopic (exact) mass is 539 g/mol. The third-order valence-electron chi connectivity index (χ3n) is 6.40. The molecule has 1 aromatic rings. The van der Waals surface area contributed by atoms with Gasteiger partial charge >= 0.3 is 18.0 Å². The molecule has 36 heavy (non-hydrogen) atoms. The summed E-state index contributed by atoms with van der Waals surface area (Å²) >= 11 is 12.4. The van der Waals surface area contributed by atoms with E-state index in [0.717, 1.165) is 6.42 Å². The summed E-state index contributed by atoms with van der Waals surface area (Å²) < 4.78 is 5.43. The number of ether oxygens (including phenoxy) is 1. The molecule has 9 nitrogen and oxygen atoms in total. The van der Waals surface area contributed by atoms with Crippen molar-refractivity contribution in [2.24, 2.45) is 0 Å². The molecule has 0 aliphatic carbocycles. The van der Waals surface area contributed by atoms with Crippen LogP contribution in [0.25, 0.3) is 0 Å². The fourth-order valence-electron chi connectivity index (χ4n) is 4.62. The highest BCUT2D eigenvalue weighted by Crippen LogP contribution is 2.35. The molecular formula is C25H35Cl2N5O4. The molecule has 0 bridgehead atoms. The van der Waals surface area contributed by atoms with Crippen LogP contribution in [0.3, 0.4) is 0 Å². The van der Waals surface area contributed by atoms with Crippen molar-refractivity contribution in [1.29, 1.82) is 0 Å². The highest BCUT2D eigenvalue weighted by Gasteiger charge is 2.39. The molecule has 1 fully saturated rings. The predicted molar refractivity (Wildman–Crippen MR) is 140 cm³/mol. The van der Waals surface area contributed by atoms with Crippen LogP contribution in [0.5, 0.6) is 0 Å². The molecular weight excluding hydrogens is 505 g/mol. The van der Waals surface area contributed by atoms with Crippen LogP contribution < -0.4 is 10.6 Å². The minimum absolute atomic E-state index is 0.0272. The first-order valence-corrected chi connectivity index (χ1v) is 13.2. The second-order valence-electron chi connectivity index (χ2n) is 8.89. The standard InChI is InChI=1S/C25H35Cl2N5O4/c1-5-10-28-24(34)32-12-11-30(14-16(32)4)15-20-21(23(33)36-7-3)22(29-25(35)31(20)6-2)17-8-9-18(26)19(27)13-17/h8-9,13,16,22H,5-7,10-12,14-15H2,1-4H3,(H,28,34)(H,29,35)/t16-,22-/m1/s1. The average Bonchev–Trinajstić information content (AvgIpc) is 2.84. The van der Waals surface area contributed by atoms with Gasteiger partial charge in [-0.2, -0.15) is 0 Å². The zero-order valence-electron chi connectivity index (χ0n) is 21.3. The van der Waals surface area contributed by atoms with E-state index in [2.05, 4.69) is 15.5 Å². The van der Waals surface area contributed by atoms with E-state index in [1.807, 2.05) is 25.7 Å². The van der Waals surface area contributed by atoms with Crippen LogP contribution in [0.2, 0.25) is 10.0 Å². The number of benzene rings is 1. The van der Waals surface area contributed by atoms with Gasteiger partial charge in [0.05, 0.1) is 28.3 Å². The Bertz CT molecular complexity index is 1020. The Hall–Kier alpha value is -2.49. The van der Waals surface area contributed by atoms with Crippen LogP contribution >= 0.6 is 23.2 Å². The summed E-state index contributed by atoms with van der Waals surface area (Å²) in [5, 5.41) is 6.58. The van der Waals surface area contributed by atoms with Crippen molar-refractivity contribution >= 4 is 41.2 Å². The zero-order chi connectivity index (χ0) is 26.4. The van der Waals surface area contributed by atoms with Gasteiger partial charge in [-0.3, -0.25) is 9.80 Å². The van der Waals surface area contributed by atoms with Crippen LogP contribution in [0.15, 0.2) is 29.5 Å². The molecule has 2 aliphatic rings. The maximum absolute atomic E-state index is 13.3. The van der Waals surface area contributed by atoms with Crippen LogP contribution in [0.4, 0.5) is 9.59 Å². The van der Waals surface area contributed by atoms with Gasteiger partial charge in [-0.25, -0.2) is 14.4 Å². The molecule has 2 atom stereocenters. The molecule has 0 unspecified atom stereocenters. The molecule has 11 heteroatoms. The normalized spacial score (nSPS) is 20.9. The second-order valence-corrected chi connectivity index (χ2v) is 9.71. The highest BCUT2D eigenvalue weighted by atomic mass is 35.5. The number of rotatable bonds is 8. The van der Waals surface area contributed by atoms with Gasteiger partial charge in [0.15, 0.2) is 0 Å². The SMILES string of the molecule is CCCNC(=O)N1CCN(CC2=C(C(=O)OCC)[C@@H](c3ccc(Cl)c(Cl)c3)NC(=O)N2CC)C[C@H]1C. The van der Waals surface area contributed by atoms with Gasteiger partial charge in [0.2, 0.25) is 0 Å². The van der Waals surface area contributed by atoms with Gasteiger partial charge in [-0.05, 0) is 44.9 Å². The van der Waals surface area contributed by atoms with Crippen LogP contribution in [0, 0.1) is 0 Å². The van der Waals surface area contributed by atoms with Crippen molar-refractivity contribution in [2.45, 2.75) is 46.2 Å². The quantitative estimate of drug-likeness (QED) is 0.486. The summed E-state index contributed by atoms with van der Waals surface area (Å²) in [5.41, 5.74) is 1.60. The molecule has 3 rings (SSSR count). The number of nitrogens with zero attached hydrogens (tertiary/aromatic N) is 3. The molecule has 2 aliphatic heterocycles. The van der Waals surface area contributed by atoms with E-state index in [4.69, 9.17) is 27.9 Å². The number of carbonyl (C=O) groups excluding carboxylic acids is 3. The fraction of sp³-hybridized carbons (Fsp3) is 0.560. The van der Waals surface area contributed by atoms with Crippen molar-refractivity contribution in [3.63, 3.8) is 0 Å². The Morgan fingerprint density at radius 3 is 2.53 bits per heavy atom. The topological polar surface area (TPSA) is 94.2 Å². The first-order valence-electron chi connectivity index (χ1n) is 12.4. The van der Waals surface area contributed by atoms with E-state index in [-0.39, 0.29) is 24.7 Å². The lowest BCUT2D eigenvalue weighted by atomic mass is 9.94. The largest absolute Gasteiger partial charge is 0.463 e. The number of amides is 4. The third kappa shape index (κ3) is 6.25. The molecule has 0 saturated carbocycles. The molecule has 0 spiro atoms. The van der Waals surface area contributed by atoms with Crippen LogP contribution in [0.1, 0.15) is 45.7 Å². The van der Waals surface area contributed by atoms with E-state index in [0.29, 0.717) is 66.1 Å². The summed E-state index contributed by atoms with van der Waals surface area (Å²) in [5.74, 6) is -0.493. The minimum atomic E-state index is -0.734. The van der Waals surface area contributed by atoms with E-state index in [1.54, 1.807) is 30.0 Å². The molecule has 2 heterocycles. The smallest absolute Gasteiger partial charge is 0.338 e.